The predicted octanol–water partition coefficient (Wildman–Crippen LogP) is 6.32. The van der Waals surface area contributed by atoms with Gasteiger partial charge in [-0.1, -0.05) is 80.4 Å². The topological polar surface area (TPSA) is 86.8 Å². The minimum absolute atomic E-state index is 0.0676. The van der Waals surface area contributed by atoms with Crippen molar-refractivity contribution in [1.82, 2.24) is 10.2 Å². The predicted molar refractivity (Wildman–Crippen MR) is 161 cm³/mol. The molecule has 0 aliphatic carbocycles. The van der Waals surface area contributed by atoms with Crippen LogP contribution in [0.3, 0.4) is 0 Å². The van der Waals surface area contributed by atoms with Crippen molar-refractivity contribution in [2.24, 2.45) is 0 Å². The molecule has 2 amide bonds. The third-order valence-corrected chi connectivity index (χ3v) is 8.95. The fourth-order valence-corrected chi connectivity index (χ4v) is 6.23. The summed E-state index contributed by atoms with van der Waals surface area (Å²) in [5, 5.41) is 2.54. The Hall–Kier alpha value is -3.57. The van der Waals surface area contributed by atoms with Crippen LogP contribution >= 0.6 is 11.6 Å². The molecule has 232 valence electrons. The Balaban J connectivity index is 2.08. The van der Waals surface area contributed by atoms with E-state index >= 15 is 0 Å². The third-order valence-electron chi connectivity index (χ3n) is 6.85. The highest BCUT2D eigenvalue weighted by molar-refractivity contribution is 7.92. The lowest BCUT2D eigenvalue weighted by atomic mass is 10.1. The summed E-state index contributed by atoms with van der Waals surface area (Å²) >= 11 is 6.29. The minimum atomic E-state index is -4.79. The van der Waals surface area contributed by atoms with Gasteiger partial charge in [0.15, 0.2) is 0 Å². The average molecular weight is 638 g/mol. The Labute approximate surface area is 255 Å². The quantitative estimate of drug-likeness (QED) is 0.210. The van der Waals surface area contributed by atoms with E-state index in [1.54, 1.807) is 13.0 Å². The maximum Gasteiger partial charge on any atom is 0.416 e. The number of halogens is 4. The molecule has 3 aromatic rings. The smallest absolute Gasteiger partial charge is 0.354 e. The van der Waals surface area contributed by atoms with Gasteiger partial charge in [0.25, 0.3) is 10.0 Å². The Morgan fingerprint density at radius 1 is 0.953 bits per heavy atom. The van der Waals surface area contributed by atoms with Crippen molar-refractivity contribution in [3.8, 4) is 0 Å². The highest BCUT2D eigenvalue weighted by Gasteiger charge is 2.36. The molecular formula is C31H35ClF3N3O4S. The van der Waals surface area contributed by atoms with Crippen LogP contribution in [0.15, 0.2) is 83.8 Å². The molecule has 1 N–H and O–H groups in total. The molecule has 0 bridgehead atoms. The third kappa shape index (κ3) is 8.96. The number of unbranched alkanes of at least 4 members (excludes halogenated alkanes) is 1. The second kappa shape index (κ2) is 15.2. The second-order valence-corrected chi connectivity index (χ2v) is 12.1. The maximum atomic E-state index is 14.0. The lowest BCUT2D eigenvalue weighted by molar-refractivity contribution is -0.139. The molecule has 0 aliphatic rings. The van der Waals surface area contributed by atoms with Gasteiger partial charge >= 0.3 is 6.18 Å². The summed E-state index contributed by atoms with van der Waals surface area (Å²) < 4.78 is 69.3. The van der Waals surface area contributed by atoms with Crippen LogP contribution in [-0.2, 0) is 32.2 Å². The normalized spacial score (nSPS) is 12.4. The molecule has 0 spiro atoms. The largest absolute Gasteiger partial charge is 0.416 e. The number of rotatable bonds is 14. The van der Waals surface area contributed by atoms with Crippen LogP contribution in [0.2, 0.25) is 5.02 Å². The molecular weight excluding hydrogens is 603 g/mol. The van der Waals surface area contributed by atoms with Crippen LogP contribution in [0.1, 0.15) is 44.2 Å². The number of carbonyl (C=O) groups excluding carboxylic acids is 2. The van der Waals surface area contributed by atoms with Gasteiger partial charge in [0, 0.05) is 13.1 Å². The van der Waals surface area contributed by atoms with Crippen molar-refractivity contribution >= 4 is 39.1 Å². The molecule has 0 saturated heterocycles. The summed E-state index contributed by atoms with van der Waals surface area (Å²) in [5.74, 6) is -1.16. The minimum Gasteiger partial charge on any atom is -0.354 e. The number of hydrogen-bond acceptors (Lipinski definition) is 4. The fraction of sp³-hybridized carbons (Fsp3) is 0.355. The zero-order valence-corrected chi connectivity index (χ0v) is 25.6. The average Bonchev–Trinajstić information content (AvgIpc) is 2.98. The molecule has 3 rings (SSSR count). The summed E-state index contributed by atoms with van der Waals surface area (Å²) in [6.07, 6.45) is -2.62. The van der Waals surface area contributed by atoms with Gasteiger partial charge < -0.3 is 10.2 Å². The summed E-state index contributed by atoms with van der Waals surface area (Å²) in [4.78, 5) is 28.3. The van der Waals surface area contributed by atoms with E-state index in [9.17, 15) is 31.2 Å². The molecule has 0 fully saturated rings. The number of sulfonamides is 1. The van der Waals surface area contributed by atoms with Crippen molar-refractivity contribution in [2.75, 3.05) is 23.9 Å². The van der Waals surface area contributed by atoms with E-state index < -0.39 is 51.9 Å². The zero-order chi connectivity index (χ0) is 31.6. The van der Waals surface area contributed by atoms with E-state index in [4.69, 9.17) is 11.6 Å². The number of carbonyl (C=O) groups is 2. The Bertz CT molecular complexity index is 1470. The molecule has 7 nitrogen and oxygen atoms in total. The standard InChI is InChI=1S/C31H35ClF3N3O4S/c1-3-5-19-36-30(40)27(4-2)37(20-18-23-12-8-6-9-13-23)29(39)22-38(43(41,42)25-14-10-7-11-15-25)28-21-24(31(33,34)35)16-17-26(28)32/h6-17,21,27H,3-5,18-20,22H2,1-2H3,(H,36,40)/t27-/m1/s1. The number of anilines is 1. The summed E-state index contributed by atoms with van der Waals surface area (Å²) in [6, 6.07) is 17.6. The number of nitrogens with one attached hydrogen (secondary N) is 1. The molecule has 0 unspecified atom stereocenters. The molecule has 0 heterocycles. The number of alkyl halides is 3. The Morgan fingerprint density at radius 2 is 1.58 bits per heavy atom. The van der Waals surface area contributed by atoms with E-state index in [0.717, 1.165) is 30.5 Å². The van der Waals surface area contributed by atoms with Gasteiger partial charge in [-0.25, -0.2) is 8.42 Å². The summed E-state index contributed by atoms with van der Waals surface area (Å²) in [5.41, 5.74) is -0.747. The van der Waals surface area contributed by atoms with E-state index in [1.165, 1.54) is 29.2 Å². The van der Waals surface area contributed by atoms with Crippen molar-refractivity contribution < 1.29 is 31.2 Å². The molecule has 1 atom stereocenters. The van der Waals surface area contributed by atoms with Gasteiger partial charge in [-0.05, 0) is 55.2 Å². The Kier molecular flexibility index (Phi) is 12.0. The number of benzene rings is 3. The molecule has 3 aromatic carbocycles. The molecule has 43 heavy (non-hydrogen) atoms. The van der Waals surface area contributed by atoms with Gasteiger partial charge in [0.1, 0.15) is 12.6 Å². The van der Waals surface area contributed by atoms with E-state index in [2.05, 4.69) is 5.32 Å². The van der Waals surface area contributed by atoms with Gasteiger partial charge in [-0.2, -0.15) is 13.2 Å². The van der Waals surface area contributed by atoms with Crippen molar-refractivity contribution in [3.63, 3.8) is 0 Å². The maximum absolute atomic E-state index is 14.0. The van der Waals surface area contributed by atoms with E-state index in [0.29, 0.717) is 23.3 Å². The molecule has 0 aromatic heterocycles. The van der Waals surface area contributed by atoms with Gasteiger partial charge in [0.05, 0.1) is 21.2 Å². The first-order chi connectivity index (χ1) is 20.4. The fourth-order valence-electron chi connectivity index (χ4n) is 4.52. The first-order valence-electron chi connectivity index (χ1n) is 14.0. The Morgan fingerprint density at radius 3 is 2.16 bits per heavy atom. The van der Waals surface area contributed by atoms with Crippen LogP contribution in [0.4, 0.5) is 18.9 Å². The van der Waals surface area contributed by atoms with Crippen LogP contribution in [0.5, 0.6) is 0 Å². The molecule has 12 heteroatoms. The van der Waals surface area contributed by atoms with Crippen molar-refractivity contribution in [1.29, 1.82) is 0 Å². The SMILES string of the molecule is CCCCNC(=O)[C@@H](CC)N(CCc1ccccc1)C(=O)CN(c1cc(C(F)(F)F)ccc1Cl)S(=O)(=O)c1ccccc1. The van der Waals surface area contributed by atoms with Gasteiger partial charge in [-0.3, -0.25) is 13.9 Å². The second-order valence-electron chi connectivity index (χ2n) is 9.88. The van der Waals surface area contributed by atoms with Crippen molar-refractivity contribution in [3.05, 3.63) is 95.0 Å². The van der Waals surface area contributed by atoms with Crippen LogP contribution in [-0.4, -0.2) is 50.8 Å². The number of nitrogens with zero attached hydrogens (tertiary/aromatic N) is 2. The van der Waals surface area contributed by atoms with E-state index in [-0.39, 0.29) is 22.9 Å². The highest BCUT2D eigenvalue weighted by Crippen LogP contribution is 2.37. The lowest BCUT2D eigenvalue weighted by Crippen LogP contribution is -2.53. The number of amides is 2. The van der Waals surface area contributed by atoms with Crippen LogP contribution in [0.25, 0.3) is 0 Å². The number of hydrogen-bond donors (Lipinski definition) is 1. The first kappa shape index (κ1) is 33.9. The summed E-state index contributed by atoms with van der Waals surface area (Å²) in [7, 11) is -4.57. The summed E-state index contributed by atoms with van der Waals surface area (Å²) in [6.45, 7) is 3.29. The van der Waals surface area contributed by atoms with Gasteiger partial charge in [0.2, 0.25) is 11.8 Å². The molecule has 0 saturated carbocycles. The van der Waals surface area contributed by atoms with Crippen LogP contribution in [0, 0.1) is 0 Å². The molecule has 0 aliphatic heterocycles. The van der Waals surface area contributed by atoms with E-state index in [1.807, 2.05) is 37.3 Å². The highest BCUT2D eigenvalue weighted by atomic mass is 35.5. The lowest BCUT2D eigenvalue weighted by Gasteiger charge is -2.33. The van der Waals surface area contributed by atoms with Crippen LogP contribution < -0.4 is 9.62 Å². The molecule has 0 radical (unpaired) electrons. The van der Waals surface area contributed by atoms with Crippen molar-refractivity contribution in [2.45, 2.75) is 56.6 Å². The van der Waals surface area contributed by atoms with Gasteiger partial charge in [-0.15, -0.1) is 0 Å². The first-order valence-corrected chi connectivity index (χ1v) is 15.8. The monoisotopic (exact) mass is 637 g/mol. The zero-order valence-electron chi connectivity index (χ0n) is 24.0.